The Kier molecular flexibility index (Phi) is 6.74. The third kappa shape index (κ3) is 4.38. The van der Waals surface area contributed by atoms with Crippen molar-refractivity contribution in [2.75, 3.05) is 18.0 Å². The van der Waals surface area contributed by atoms with E-state index in [1.807, 2.05) is 6.20 Å². The molecule has 37 heavy (non-hydrogen) atoms. The summed E-state index contributed by atoms with van der Waals surface area (Å²) < 4.78 is 3.24. The number of aryl methyl sites for hydroxylation is 2. The van der Waals surface area contributed by atoms with Crippen molar-refractivity contribution in [3.63, 3.8) is 0 Å². The molecule has 3 atom stereocenters. The molecule has 0 saturated carbocycles. The van der Waals surface area contributed by atoms with E-state index in [0.29, 0.717) is 6.04 Å². The smallest absolute Gasteiger partial charge is 0.252 e. The first-order valence-corrected chi connectivity index (χ1v) is 13.2. The van der Waals surface area contributed by atoms with Crippen molar-refractivity contribution in [1.82, 2.24) is 24.2 Å². The fourth-order valence-electron chi connectivity index (χ4n) is 5.87. The number of nitriles is 1. The fraction of sp³-hybridized carbons (Fsp3) is 0.448. The number of aromatic nitrogens is 4. The zero-order valence-corrected chi connectivity index (χ0v) is 22.3. The van der Waals surface area contributed by atoms with E-state index >= 15 is 0 Å². The number of rotatable bonds is 6. The number of piperazine rings is 1. The highest BCUT2D eigenvalue weighted by molar-refractivity contribution is 5.88. The van der Waals surface area contributed by atoms with Crippen LogP contribution >= 0.6 is 0 Å². The fourth-order valence-corrected chi connectivity index (χ4v) is 5.87. The summed E-state index contributed by atoms with van der Waals surface area (Å²) in [7, 11) is 1.76. The van der Waals surface area contributed by atoms with E-state index < -0.39 is 0 Å². The monoisotopic (exact) mass is 497 g/mol. The molecule has 4 heterocycles. The zero-order chi connectivity index (χ0) is 26.3. The number of hydrogen-bond donors (Lipinski definition) is 0. The third-order valence-electron chi connectivity index (χ3n) is 8.13. The van der Waals surface area contributed by atoms with Gasteiger partial charge in [0.25, 0.3) is 5.56 Å². The standard InChI is InChI=1S/C29H35N7O/c1-6-23-17-36(26-15-28(37)33(5)27-18-34(13-11-30)32-29(26)27)24(7-2)16-35(23)20(4)21-8-9-25-19(3)31-12-10-22(25)14-21/h8-10,12,14-15,18,20,23-24H,6-7,13,16-17H2,1-5H3/t20?,23-,24+/m1/s1. The van der Waals surface area contributed by atoms with Gasteiger partial charge in [0, 0.05) is 61.6 Å². The van der Waals surface area contributed by atoms with Crippen molar-refractivity contribution in [1.29, 1.82) is 5.26 Å². The van der Waals surface area contributed by atoms with Gasteiger partial charge in [-0.1, -0.05) is 26.0 Å². The first-order chi connectivity index (χ1) is 17.9. The average Bonchev–Trinajstić information content (AvgIpc) is 3.34. The molecule has 0 aliphatic carbocycles. The number of benzene rings is 1. The van der Waals surface area contributed by atoms with Gasteiger partial charge < -0.3 is 9.47 Å². The molecule has 0 amide bonds. The van der Waals surface area contributed by atoms with E-state index in [2.05, 4.69) is 72.8 Å². The molecule has 1 unspecified atom stereocenters. The molecule has 192 valence electrons. The summed E-state index contributed by atoms with van der Waals surface area (Å²) >= 11 is 0. The van der Waals surface area contributed by atoms with Gasteiger partial charge in [-0.3, -0.25) is 19.4 Å². The molecule has 0 spiro atoms. The van der Waals surface area contributed by atoms with Crippen LogP contribution in [-0.2, 0) is 13.6 Å². The lowest BCUT2D eigenvalue weighted by Gasteiger charge is -2.49. The molecule has 1 aliphatic heterocycles. The molecule has 0 bridgehead atoms. The van der Waals surface area contributed by atoms with Gasteiger partial charge in [-0.25, -0.2) is 0 Å². The predicted molar refractivity (Wildman–Crippen MR) is 148 cm³/mol. The SMILES string of the molecule is CC[C@H]1CN(C(C)c2ccc3c(C)nccc3c2)[C@H](CC)CN1c1cc(=O)n(C)c2cn(CC#N)nc12. The van der Waals surface area contributed by atoms with E-state index in [4.69, 9.17) is 5.10 Å². The normalized spacial score (nSPS) is 19.4. The number of nitrogens with zero attached hydrogens (tertiary/aromatic N) is 7. The predicted octanol–water partition coefficient (Wildman–Crippen LogP) is 4.56. The Bertz CT molecular complexity index is 1550. The summed E-state index contributed by atoms with van der Waals surface area (Å²) in [5.41, 5.74) is 4.73. The van der Waals surface area contributed by atoms with Crippen LogP contribution in [0, 0.1) is 18.3 Å². The lowest BCUT2D eigenvalue weighted by molar-refractivity contribution is 0.101. The average molecular weight is 498 g/mol. The van der Waals surface area contributed by atoms with E-state index in [-0.39, 0.29) is 24.2 Å². The molecule has 5 rings (SSSR count). The number of pyridine rings is 2. The highest BCUT2D eigenvalue weighted by Crippen LogP contribution is 2.35. The Balaban J connectivity index is 1.51. The van der Waals surface area contributed by atoms with E-state index in [9.17, 15) is 10.1 Å². The van der Waals surface area contributed by atoms with E-state index in [1.54, 1.807) is 28.6 Å². The van der Waals surface area contributed by atoms with Gasteiger partial charge in [-0.2, -0.15) is 10.4 Å². The van der Waals surface area contributed by atoms with Crippen LogP contribution in [0.25, 0.3) is 21.8 Å². The highest BCUT2D eigenvalue weighted by atomic mass is 16.1. The molecule has 4 aromatic rings. The molecular weight excluding hydrogens is 462 g/mol. The summed E-state index contributed by atoms with van der Waals surface area (Å²) in [6.45, 7) is 10.7. The summed E-state index contributed by atoms with van der Waals surface area (Å²) in [5.74, 6) is 0. The minimum absolute atomic E-state index is 0.0568. The van der Waals surface area contributed by atoms with E-state index in [0.717, 1.165) is 48.3 Å². The maximum absolute atomic E-state index is 12.9. The van der Waals surface area contributed by atoms with Crippen molar-refractivity contribution in [3.05, 3.63) is 64.3 Å². The second kappa shape index (κ2) is 9.98. The molecule has 1 fully saturated rings. The molecule has 0 radical (unpaired) electrons. The van der Waals surface area contributed by atoms with Gasteiger partial charge in [0.05, 0.1) is 23.5 Å². The third-order valence-corrected chi connectivity index (χ3v) is 8.13. The van der Waals surface area contributed by atoms with Gasteiger partial charge in [-0.15, -0.1) is 0 Å². The van der Waals surface area contributed by atoms with Crippen LogP contribution in [0.5, 0.6) is 0 Å². The van der Waals surface area contributed by atoms with Crippen LogP contribution in [0.1, 0.15) is 50.9 Å². The molecule has 1 saturated heterocycles. The van der Waals surface area contributed by atoms with Crippen LogP contribution in [0.2, 0.25) is 0 Å². The van der Waals surface area contributed by atoms with E-state index in [1.165, 1.54) is 16.3 Å². The Morgan fingerprint density at radius 1 is 1.14 bits per heavy atom. The summed E-state index contributed by atoms with van der Waals surface area (Å²) in [6.07, 6.45) is 5.65. The lowest BCUT2D eigenvalue weighted by Crippen LogP contribution is -2.58. The summed E-state index contributed by atoms with van der Waals surface area (Å²) in [5, 5.41) is 16.3. The number of fused-ring (bicyclic) bond motifs is 2. The Labute approximate surface area is 217 Å². The first kappa shape index (κ1) is 25.0. The zero-order valence-electron chi connectivity index (χ0n) is 22.3. The Hall–Kier alpha value is -3.70. The summed E-state index contributed by atoms with van der Waals surface area (Å²) in [4.78, 5) is 22.4. The van der Waals surface area contributed by atoms with Gasteiger partial charge in [0.15, 0.2) is 0 Å². The molecule has 0 N–H and O–H groups in total. The second-order valence-electron chi connectivity index (χ2n) is 10.2. The minimum Gasteiger partial charge on any atom is -0.364 e. The first-order valence-electron chi connectivity index (χ1n) is 13.2. The van der Waals surface area contributed by atoms with Crippen LogP contribution in [-0.4, -0.2) is 49.4 Å². The minimum atomic E-state index is -0.0568. The largest absolute Gasteiger partial charge is 0.364 e. The topological polar surface area (TPSA) is 83.0 Å². The van der Waals surface area contributed by atoms with Gasteiger partial charge >= 0.3 is 0 Å². The van der Waals surface area contributed by atoms with Crippen LogP contribution in [0.15, 0.2) is 47.5 Å². The van der Waals surface area contributed by atoms with Crippen LogP contribution in [0.3, 0.4) is 0 Å². The van der Waals surface area contributed by atoms with Crippen molar-refractivity contribution >= 4 is 27.5 Å². The van der Waals surface area contributed by atoms with Gasteiger partial charge in [0.1, 0.15) is 12.1 Å². The molecule has 3 aromatic heterocycles. The quantitative estimate of drug-likeness (QED) is 0.389. The van der Waals surface area contributed by atoms with Gasteiger partial charge in [0.2, 0.25) is 0 Å². The van der Waals surface area contributed by atoms with Crippen molar-refractivity contribution in [3.8, 4) is 6.07 Å². The lowest BCUT2D eigenvalue weighted by atomic mass is 9.95. The number of anilines is 1. The maximum atomic E-state index is 12.9. The van der Waals surface area contributed by atoms with Crippen molar-refractivity contribution in [2.45, 2.75) is 65.2 Å². The molecular formula is C29H35N7O. The maximum Gasteiger partial charge on any atom is 0.252 e. The Morgan fingerprint density at radius 3 is 2.65 bits per heavy atom. The van der Waals surface area contributed by atoms with Crippen molar-refractivity contribution < 1.29 is 0 Å². The van der Waals surface area contributed by atoms with Crippen LogP contribution in [0.4, 0.5) is 5.69 Å². The molecule has 8 heteroatoms. The molecule has 1 aliphatic rings. The molecule has 1 aromatic carbocycles. The van der Waals surface area contributed by atoms with Crippen LogP contribution < -0.4 is 10.5 Å². The second-order valence-corrected chi connectivity index (χ2v) is 10.2. The summed E-state index contributed by atoms with van der Waals surface area (Å²) in [6, 6.07) is 13.5. The van der Waals surface area contributed by atoms with Gasteiger partial charge in [-0.05, 0) is 49.8 Å². The number of hydrogen-bond acceptors (Lipinski definition) is 6. The van der Waals surface area contributed by atoms with Crippen molar-refractivity contribution in [2.24, 2.45) is 7.05 Å². The molecule has 8 nitrogen and oxygen atoms in total. The highest BCUT2D eigenvalue weighted by Gasteiger charge is 2.36. The Morgan fingerprint density at radius 2 is 1.92 bits per heavy atom.